The summed E-state index contributed by atoms with van der Waals surface area (Å²) in [4.78, 5) is 35.5. The van der Waals surface area contributed by atoms with Gasteiger partial charge in [-0.15, -0.1) is 0 Å². The van der Waals surface area contributed by atoms with Crippen molar-refractivity contribution in [3.8, 4) is 5.75 Å². The van der Waals surface area contributed by atoms with Gasteiger partial charge in [0, 0.05) is 26.6 Å². The van der Waals surface area contributed by atoms with Crippen LogP contribution in [0.2, 0.25) is 0 Å². The van der Waals surface area contributed by atoms with Gasteiger partial charge >= 0.3 is 17.9 Å². The van der Waals surface area contributed by atoms with Gasteiger partial charge in [0.2, 0.25) is 0 Å². The Bertz CT molecular complexity index is 1160. The number of halogens is 3. The number of likely N-dealkylation sites (tertiary alicyclic amines) is 1. The Labute approximate surface area is 174 Å². The Morgan fingerprint density at radius 2 is 1.87 bits per heavy atom. The van der Waals surface area contributed by atoms with Crippen molar-refractivity contribution in [3.63, 3.8) is 0 Å². The molecular formula is C20H20F3N5O3. The van der Waals surface area contributed by atoms with Crippen molar-refractivity contribution in [2.24, 2.45) is 7.05 Å². The molecule has 0 bridgehead atoms. The maximum Gasteiger partial charge on any atom is 0.422 e. The van der Waals surface area contributed by atoms with Crippen molar-refractivity contribution in [2.45, 2.75) is 25.4 Å². The van der Waals surface area contributed by atoms with Gasteiger partial charge < -0.3 is 9.64 Å². The van der Waals surface area contributed by atoms with E-state index in [0.717, 1.165) is 16.6 Å². The molecule has 1 saturated heterocycles. The predicted octanol–water partition coefficient (Wildman–Crippen LogP) is 2.53. The van der Waals surface area contributed by atoms with Gasteiger partial charge in [-0.1, -0.05) is 12.1 Å². The molecule has 1 fully saturated rings. The van der Waals surface area contributed by atoms with Crippen LogP contribution in [-0.2, 0) is 19.9 Å². The second-order valence-corrected chi connectivity index (χ2v) is 7.34. The number of aromatic nitrogens is 4. The average Bonchev–Trinajstić information content (AvgIpc) is 2.93. The molecule has 31 heavy (non-hydrogen) atoms. The maximum atomic E-state index is 12.6. The van der Waals surface area contributed by atoms with Crippen LogP contribution in [0.15, 0.2) is 35.3 Å². The van der Waals surface area contributed by atoms with E-state index in [4.69, 9.17) is 4.74 Å². The quantitative estimate of drug-likeness (QED) is 0.615. The predicted molar refractivity (Wildman–Crippen MR) is 105 cm³/mol. The number of carbonyl (C=O) groups is 1. The Balaban J connectivity index is 1.49. The minimum Gasteiger partial charge on any atom is -0.484 e. The van der Waals surface area contributed by atoms with E-state index in [2.05, 4.69) is 9.97 Å². The van der Waals surface area contributed by atoms with Crippen molar-refractivity contribution in [3.05, 3.63) is 52.3 Å². The molecular weight excluding hydrogens is 415 g/mol. The number of benzene rings is 1. The number of imidazole rings is 1. The monoisotopic (exact) mass is 435 g/mol. The van der Waals surface area contributed by atoms with Crippen LogP contribution >= 0.6 is 0 Å². The van der Waals surface area contributed by atoms with Crippen molar-refractivity contribution in [1.82, 2.24) is 24.0 Å². The summed E-state index contributed by atoms with van der Waals surface area (Å²) < 4.78 is 43.8. The minimum atomic E-state index is -4.38. The lowest BCUT2D eigenvalue weighted by atomic mass is 10.1. The first kappa shape index (κ1) is 20.9. The zero-order chi connectivity index (χ0) is 22.2. The van der Waals surface area contributed by atoms with Crippen molar-refractivity contribution in [2.75, 3.05) is 19.7 Å². The molecule has 0 aliphatic carbocycles. The molecule has 0 radical (unpaired) electrons. The van der Waals surface area contributed by atoms with Gasteiger partial charge in [-0.05, 0) is 30.5 Å². The second kappa shape index (κ2) is 8.05. The third-order valence-corrected chi connectivity index (χ3v) is 5.13. The number of amides is 1. The summed E-state index contributed by atoms with van der Waals surface area (Å²) >= 11 is 0. The van der Waals surface area contributed by atoms with Crippen LogP contribution in [0.4, 0.5) is 18.0 Å². The maximum absolute atomic E-state index is 12.6. The van der Waals surface area contributed by atoms with E-state index in [-0.39, 0.29) is 17.4 Å². The number of alkyl halides is 3. The molecule has 0 saturated carbocycles. The number of hydrogen-bond acceptors (Lipinski definition) is 5. The first-order chi connectivity index (χ1) is 14.7. The Morgan fingerprint density at radius 3 is 2.48 bits per heavy atom. The minimum absolute atomic E-state index is 0.136. The van der Waals surface area contributed by atoms with Gasteiger partial charge in [0.15, 0.2) is 12.3 Å². The molecule has 3 aromatic rings. The summed E-state index contributed by atoms with van der Waals surface area (Å²) in [5.74, 6) is 0.595. The van der Waals surface area contributed by atoms with Gasteiger partial charge in [0.1, 0.15) is 17.1 Å². The summed E-state index contributed by atoms with van der Waals surface area (Å²) in [5.41, 5.74) is 1.14. The van der Waals surface area contributed by atoms with Gasteiger partial charge in [-0.25, -0.2) is 19.6 Å². The highest BCUT2D eigenvalue weighted by molar-refractivity contribution is 5.87. The summed E-state index contributed by atoms with van der Waals surface area (Å²) in [6.45, 7) is -0.111. The van der Waals surface area contributed by atoms with E-state index < -0.39 is 18.5 Å². The average molecular weight is 435 g/mol. The van der Waals surface area contributed by atoms with Crippen LogP contribution in [0.25, 0.3) is 11.2 Å². The third-order valence-electron chi connectivity index (χ3n) is 5.13. The number of nitrogens with zero attached hydrogens (tertiary/aromatic N) is 5. The highest BCUT2D eigenvalue weighted by Gasteiger charge is 2.28. The van der Waals surface area contributed by atoms with E-state index in [1.807, 2.05) is 0 Å². The number of rotatable bonds is 5. The summed E-state index contributed by atoms with van der Waals surface area (Å²) in [6, 6.07) is 5.92. The normalized spacial score (nSPS) is 14.0. The lowest BCUT2D eigenvalue weighted by Crippen LogP contribution is -2.47. The molecule has 164 valence electrons. The molecule has 1 aromatic carbocycles. The fraction of sp³-hybridized carbons (Fsp3) is 0.400. The number of ether oxygens (including phenoxy) is 1. The molecule has 0 unspecified atom stereocenters. The molecule has 0 atom stereocenters. The standard InChI is InChI=1S/C20H20F3N5O3/c1-26-15-11-24-16(25-17(15)28(18(26)29)19(30)27-9-2-10-27)8-5-13-3-6-14(7-4-13)31-12-20(21,22)23/h3-4,6-7,11H,2,5,8-10,12H2,1H3. The van der Waals surface area contributed by atoms with E-state index in [0.29, 0.717) is 37.3 Å². The molecule has 2 aromatic heterocycles. The smallest absolute Gasteiger partial charge is 0.422 e. The van der Waals surface area contributed by atoms with Crippen LogP contribution in [-0.4, -0.2) is 55.9 Å². The Kier molecular flexibility index (Phi) is 5.42. The van der Waals surface area contributed by atoms with Crippen LogP contribution in [0.3, 0.4) is 0 Å². The lowest BCUT2D eigenvalue weighted by Gasteiger charge is -2.30. The third kappa shape index (κ3) is 4.39. The van der Waals surface area contributed by atoms with Gasteiger partial charge in [-0.3, -0.25) is 4.57 Å². The molecule has 0 spiro atoms. The highest BCUT2D eigenvalue weighted by Crippen LogP contribution is 2.19. The Morgan fingerprint density at radius 1 is 1.16 bits per heavy atom. The topological polar surface area (TPSA) is 82.2 Å². The second-order valence-electron chi connectivity index (χ2n) is 7.34. The first-order valence-corrected chi connectivity index (χ1v) is 9.74. The summed E-state index contributed by atoms with van der Waals surface area (Å²) in [7, 11) is 1.57. The largest absolute Gasteiger partial charge is 0.484 e. The first-order valence-electron chi connectivity index (χ1n) is 9.74. The number of carbonyl (C=O) groups excluding carboxylic acids is 1. The number of fused-ring (bicyclic) bond motifs is 1. The molecule has 0 N–H and O–H groups in total. The molecule has 8 nitrogen and oxygen atoms in total. The molecule has 1 amide bonds. The van der Waals surface area contributed by atoms with Crippen LogP contribution in [0.5, 0.6) is 5.75 Å². The zero-order valence-corrected chi connectivity index (χ0v) is 16.7. The fourth-order valence-corrected chi connectivity index (χ4v) is 3.26. The molecule has 4 rings (SSSR count). The SMILES string of the molecule is Cn1c(=O)n(C(=O)N2CCC2)c2nc(CCc3ccc(OCC(F)(F)F)cc3)ncc21. The van der Waals surface area contributed by atoms with Crippen molar-refractivity contribution in [1.29, 1.82) is 0 Å². The van der Waals surface area contributed by atoms with Crippen molar-refractivity contribution >= 4 is 17.2 Å². The van der Waals surface area contributed by atoms with Crippen LogP contribution < -0.4 is 10.4 Å². The highest BCUT2D eigenvalue weighted by atomic mass is 19.4. The number of aryl methyl sites for hydroxylation is 3. The van der Waals surface area contributed by atoms with Gasteiger partial charge in [0.25, 0.3) is 0 Å². The van der Waals surface area contributed by atoms with Gasteiger partial charge in [-0.2, -0.15) is 17.7 Å². The van der Waals surface area contributed by atoms with E-state index in [1.165, 1.54) is 22.9 Å². The van der Waals surface area contributed by atoms with Gasteiger partial charge in [0.05, 0.1) is 6.20 Å². The molecule has 11 heteroatoms. The Hall–Kier alpha value is -3.37. The number of hydrogen-bond donors (Lipinski definition) is 0. The van der Waals surface area contributed by atoms with E-state index >= 15 is 0 Å². The van der Waals surface area contributed by atoms with E-state index in [9.17, 15) is 22.8 Å². The molecule has 1 aliphatic heterocycles. The zero-order valence-electron chi connectivity index (χ0n) is 16.7. The van der Waals surface area contributed by atoms with E-state index in [1.54, 1.807) is 24.1 Å². The van der Waals surface area contributed by atoms with Crippen LogP contribution in [0.1, 0.15) is 17.8 Å². The molecule has 3 heterocycles. The summed E-state index contributed by atoms with van der Waals surface area (Å²) in [6.07, 6.45) is -0.996. The summed E-state index contributed by atoms with van der Waals surface area (Å²) in [5, 5.41) is 0. The lowest BCUT2D eigenvalue weighted by molar-refractivity contribution is -0.153. The van der Waals surface area contributed by atoms with Crippen LogP contribution in [0, 0.1) is 0 Å². The fourth-order valence-electron chi connectivity index (χ4n) is 3.26. The van der Waals surface area contributed by atoms with Crippen molar-refractivity contribution < 1.29 is 22.7 Å². The molecule has 1 aliphatic rings.